The normalized spacial score (nSPS) is 15.4. The highest BCUT2D eigenvalue weighted by Crippen LogP contribution is 2.39. The first-order valence-corrected chi connectivity index (χ1v) is 11.7. The molecule has 0 saturated carbocycles. The first kappa shape index (κ1) is 23.8. The van der Waals surface area contributed by atoms with Gasteiger partial charge >= 0.3 is 5.97 Å². The summed E-state index contributed by atoms with van der Waals surface area (Å²) in [6, 6.07) is 10.0. The van der Waals surface area contributed by atoms with Crippen molar-refractivity contribution in [2.45, 2.75) is 58.8 Å². The summed E-state index contributed by atoms with van der Waals surface area (Å²) in [5, 5.41) is 12.8. The molecule has 0 unspecified atom stereocenters. The Morgan fingerprint density at radius 1 is 1.25 bits per heavy atom. The molecule has 32 heavy (non-hydrogen) atoms. The molecule has 0 saturated heterocycles. The molecule has 3 rings (SSSR count). The molecule has 0 aliphatic heterocycles. The standard InChI is InChI=1S/C25H30N2O4S/c1-16-5-10-19-20(14-26)24(32-21(19)13-16)27-22(28)15-31-23(29)11-12-30-18-8-6-17(7-9-18)25(2,3)4/h6-9,16H,5,10-13,15H2,1-4H3,(H,27,28)/t16-/m0/s1. The van der Waals surface area contributed by atoms with Crippen LogP contribution in [0.3, 0.4) is 0 Å². The van der Waals surface area contributed by atoms with Gasteiger partial charge in [0.2, 0.25) is 0 Å². The minimum absolute atomic E-state index is 0.0446. The summed E-state index contributed by atoms with van der Waals surface area (Å²) in [6.45, 7) is 8.40. The van der Waals surface area contributed by atoms with Gasteiger partial charge in [0, 0.05) is 4.88 Å². The van der Waals surface area contributed by atoms with Gasteiger partial charge in [-0.3, -0.25) is 9.59 Å². The van der Waals surface area contributed by atoms with Crippen LogP contribution < -0.4 is 10.1 Å². The predicted octanol–water partition coefficient (Wildman–Crippen LogP) is 4.99. The largest absolute Gasteiger partial charge is 0.493 e. The Hall–Kier alpha value is -2.85. The number of carbonyl (C=O) groups excluding carboxylic acids is 2. The summed E-state index contributed by atoms with van der Waals surface area (Å²) in [6.07, 6.45) is 2.88. The lowest BCUT2D eigenvalue weighted by atomic mass is 9.87. The minimum Gasteiger partial charge on any atom is -0.493 e. The molecule has 2 aromatic rings. The van der Waals surface area contributed by atoms with Gasteiger partial charge in [-0.2, -0.15) is 5.26 Å². The number of rotatable bonds is 7. The first-order chi connectivity index (χ1) is 15.2. The van der Waals surface area contributed by atoms with Crippen LogP contribution in [0.4, 0.5) is 5.00 Å². The second-order valence-corrected chi connectivity index (χ2v) is 10.4. The van der Waals surface area contributed by atoms with E-state index in [9.17, 15) is 14.9 Å². The highest BCUT2D eigenvalue weighted by molar-refractivity contribution is 7.16. The molecule has 170 valence electrons. The average Bonchev–Trinajstić information content (AvgIpc) is 3.07. The van der Waals surface area contributed by atoms with Crippen LogP contribution in [0.2, 0.25) is 0 Å². The first-order valence-electron chi connectivity index (χ1n) is 10.9. The Balaban J connectivity index is 1.43. The molecule has 0 spiro atoms. The number of nitriles is 1. The summed E-state index contributed by atoms with van der Waals surface area (Å²) in [7, 11) is 0. The Bertz CT molecular complexity index is 1010. The number of hydrogen-bond acceptors (Lipinski definition) is 6. The fourth-order valence-electron chi connectivity index (χ4n) is 3.64. The summed E-state index contributed by atoms with van der Waals surface area (Å²) < 4.78 is 10.7. The van der Waals surface area contributed by atoms with Crippen molar-refractivity contribution in [3.63, 3.8) is 0 Å². The van der Waals surface area contributed by atoms with Crippen molar-refractivity contribution in [3.05, 3.63) is 45.8 Å². The van der Waals surface area contributed by atoms with Crippen molar-refractivity contribution in [3.8, 4) is 11.8 Å². The number of esters is 1. The number of ether oxygens (including phenoxy) is 2. The lowest BCUT2D eigenvalue weighted by Crippen LogP contribution is -2.21. The van der Waals surface area contributed by atoms with E-state index in [0.29, 0.717) is 22.2 Å². The summed E-state index contributed by atoms with van der Waals surface area (Å²) in [5.41, 5.74) is 2.87. The number of anilines is 1. The number of amides is 1. The van der Waals surface area contributed by atoms with Crippen LogP contribution in [0.15, 0.2) is 24.3 Å². The molecule has 1 N–H and O–H groups in total. The molecule has 0 radical (unpaired) electrons. The predicted molar refractivity (Wildman–Crippen MR) is 125 cm³/mol. The van der Waals surface area contributed by atoms with Gasteiger partial charge in [-0.05, 0) is 53.9 Å². The lowest BCUT2D eigenvalue weighted by molar-refractivity contribution is -0.147. The average molecular weight is 455 g/mol. The molecule has 1 amide bonds. The summed E-state index contributed by atoms with van der Waals surface area (Å²) in [5.74, 6) is 0.311. The molecule has 1 aromatic heterocycles. The second kappa shape index (κ2) is 10.2. The molecule has 1 aliphatic rings. The summed E-state index contributed by atoms with van der Waals surface area (Å²) in [4.78, 5) is 25.4. The highest BCUT2D eigenvalue weighted by Gasteiger charge is 2.24. The molecule has 0 fully saturated rings. The minimum atomic E-state index is -0.508. The van der Waals surface area contributed by atoms with E-state index in [4.69, 9.17) is 9.47 Å². The SMILES string of the molecule is C[C@H]1CCc2c(sc(NC(=O)COC(=O)CCOc3ccc(C(C)(C)C)cc3)c2C#N)C1. The van der Waals surface area contributed by atoms with E-state index < -0.39 is 11.9 Å². The smallest absolute Gasteiger partial charge is 0.309 e. The maximum Gasteiger partial charge on any atom is 0.309 e. The van der Waals surface area contributed by atoms with Gasteiger partial charge in [0.25, 0.3) is 5.91 Å². The van der Waals surface area contributed by atoms with Crippen molar-refractivity contribution >= 4 is 28.2 Å². The summed E-state index contributed by atoms with van der Waals surface area (Å²) >= 11 is 1.45. The Morgan fingerprint density at radius 3 is 2.62 bits per heavy atom. The van der Waals surface area contributed by atoms with Crippen LogP contribution in [0, 0.1) is 17.2 Å². The van der Waals surface area contributed by atoms with Gasteiger partial charge in [-0.1, -0.05) is 39.8 Å². The third-order valence-electron chi connectivity index (χ3n) is 5.54. The zero-order valence-electron chi connectivity index (χ0n) is 19.1. The highest BCUT2D eigenvalue weighted by atomic mass is 32.1. The zero-order valence-corrected chi connectivity index (χ0v) is 19.9. The van der Waals surface area contributed by atoms with Gasteiger partial charge in [0.05, 0.1) is 18.6 Å². The number of thiophene rings is 1. The number of nitrogens with zero attached hydrogens (tertiary/aromatic N) is 1. The molecule has 1 atom stereocenters. The third-order valence-corrected chi connectivity index (χ3v) is 6.71. The van der Waals surface area contributed by atoms with E-state index in [2.05, 4.69) is 39.1 Å². The molecule has 0 bridgehead atoms. The van der Waals surface area contributed by atoms with Gasteiger partial charge < -0.3 is 14.8 Å². The Morgan fingerprint density at radius 2 is 1.97 bits per heavy atom. The molecule has 1 aliphatic carbocycles. The van der Waals surface area contributed by atoms with E-state index >= 15 is 0 Å². The van der Waals surface area contributed by atoms with E-state index in [1.807, 2.05) is 24.3 Å². The van der Waals surface area contributed by atoms with Crippen LogP contribution in [0.25, 0.3) is 0 Å². The van der Waals surface area contributed by atoms with Gasteiger partial charge in [0.15, 0.2) is 6.61 Å². The van der Waals surface area contributed by atoms with Crippen molar-refractivity contribution < 1.29 is 19.1 Å². The van der Waals surface area contributed by atoms with E-state index in [-0.39, 0.29) is 25.0 Å². The fraction of sp³-hybridized carbons (Fsp3) is 0.480. The quantitative estimate of drug-likeness (QED) is 0.595. The molecule has 1 heterocycles. The number of hydrogen-bond donors (Lipinski definition) is 1. The molecular weight excluding hydrogens is 424 g/mol. The maximum atomic E-state index is 12.2. The van der Waals surface area contributed by atoms with Crippen LogP contribution in [-0.4, -0.2) is 25.1 Å². The lowest BCUT2D eigenvalue weighted by Gasteiger charge is -2.19. The van der Waals surface area contributed by atoms with Crippen LogP contribution in [0.5, 0.6) is 5.75 Å². The van der Waals surface area contributed by atoms with E-state index in [0.717, 1.165) is 24.8 Å². The van der Waals surface area contributed by atoms with E-state index in [1.54, 1.807) is 0 Å². The van der Waals surface area contributed by atoms with E-state index in [1.165, 1.54) is 21.8 Å². The number of carbonyl (C=O) groups is 2. The van der Waals surface area contributed by atoms with Crippen molar-refractivity contribution in [2.24, 2.45) is 5.92 Å². The third kappa shape index (κ3) is 6.10. The number of fused-ring (bicyclic) bond motifs is 1. The maximum absolute atomic E-state index is 12.2. The van der Waals surface area contributed by atoms with Crippen LogP contribution in [0.1, 0.15) is 62.1 Å². The molecule has 1 aromatic carbocycles. The zero-order chi connectivity index (χ0) is 23.3. The Labute approximate surface area is 193 Å². The molecule has 7 heteroatoms. The van der Waals surface area contributed by atoms with Gasteiger partial charge in [-0.15, -0.1) is 11.3 Å². The fourth-order valence-corrected chi connectivity index (χ4v) is 5.02. The van der Waals surface area contributed by atoms with Crippen LogP contribution in [-0.2, 0) is 32.6 Å². The number of nitrogens with one attached hydrogen (secondary N) is 1. The molecular formula is C25H30N2O4S. The van der Waals surface area contributed by atoms with Gasteiger partial charge in [-0.25, -0.2) is 0 Å². The number of benzene rings is 1. The second-order valence-electron chi connectivity index (χ2n) is 9.25. The molecule has 6 nitrogen and oxygen atoms in total. The van der Waals surface area contributed by atoms with Crippen molar-refractivity contribution in [1.29, 1.82) is 5.26 Å². The topological polar surface area (TPSA) is 88.4 Å². The van der Waals surface area contributed by atoms with Crippen LogP contribution >= 0.6 is 11.3 Å². The Kier molecular flexibility index (Phi) is 7.57. The van der Waals surface area contributed by atoms with Crippen molar-refractivity contribution in [2.75, 3.05) is 18.5 Å². The monoisotopic (exact) mass is 454 g/mol. The van der Waals surface area contributed by atoms with Gasteiger partial charge in [0.1, 0.15) is 16.8 Å². The van der Waals surface area contributed by atoms with Crippen molar-refractivity contribution in [1.82, 2.24) is 0 Å².